The molecule has 4 rings (SSSR count). The fourth-order valence-corrected chi connectivity index (χ4v) is 4.63. The van der Waals surface area contributed by atoms with Gasteiger partial charge in [0.05, 0.1) is 35.8 Å². The molecule has 0 saturated carbocycles. The highest BCUT2D eigenvalue weighted by atomic mass is 35.5. The normalized spacial score (nSPS) is 18.5. The Morgan fingerprint density at radius 3 is 2.71 bits per heavy atom. The largest absolute Gasteiger partial charge is 0.390 e. The molecule has 11 heteroatoms. The molecule has 7 nitrogen and oxygen atoms in total. The Balaban J connectivity index is 1.58. The number of nitrogens with one attached hydrogen (secondary N) is 1. The van der Waals surface area contributed by atoms with E-state index >= 15 is 0 Å². The van der Waals surface area contributed by atoms with Crippen LogP contribution in [0.5, 0.6) is 0 Å². The lowest BCUT2D eigenvalue weighted by molar-refractivity contribution is -0.147. The molecule has 0 aliphatic carbocycles. The minimum absolute atomic E-state index is 0.00565. The summed E-state index contributed by atoms with van der Waals surface area (Å²) in [6.45, 7) is 3.60. The van der Waals surface area contributed by atoms with Crippen LogP contribution < -0.4 is 5.32 Å². The van der Waals surface area contributed by atoms with E-state index in [1.54, 1.807) is 11.8 Å². The van der Waals surface area contributed by atoms with Gasteiger partial charge in [-0.15, -0.1) is 0 Å². The molecule has 2 N–H and O–H groups in total. The van der Waals surface area contributed by atoms with E-state index in [-0.39, 0.29) is 29.8 Å². The van der Waals surface area contributed by atoms with Crippen LogP contribution in [0.4, 0.5) is 19.0 Å². The van der Waals surface area contributed by atoms with Crippen molar-refractivity contribution in [1.82, 2.24) is 14.9 Å². The Kier molecular flexibility index (Phi) is 6.76. The van der Waals surface area contributed by atoms with Crippen molar-refractivity contribution in [3.8, 4) is 0 Å². The third-order valence-electron chi connectivity index (χ3n) is 6.60. The first kappa shape index (κ1) is 24.7. The summed E-state index contributed by atoms with van der Waals surface area (Å²) in [5, 5.41) is 12.0. The molecule has 1 amide bonds. The maximum absolute atomic E-state index is 14.9. The Morgan fingerprint density at radius 2 is 2.03 bits per heavy atom. The highest BCUT2D eigenvalue weighted by Gasteiger charge is 2.41. The third-order valence-corrected chi connectivity index (χ3v) is 6.76. The maximum Gasteiger partial charge on any atom is 0.298 e. The molecule has 0 bridgehead atoms. The van der Waals surface area contributed by atoms with Crippen molar-refractivity contribution in [2.45, 2.75) is 51.7 Å². The fourth-order valence-electron chi connectivity index (χ4n) is 4.44. The number of alkyl halides is 2. The summed E-state index contributed by atoms with van der Waals surface area (Å²) < 4.78 is 48.2. The highest BCUT2D eigenvalue weighted by Crippen LogP contribution is 2.38. The second-order valence-corrected chi connectivity index (χ2v) is 9.38. The van der Waals surface area contributed by atoms with Crippen molar-refractivity contribution in [2.24, 2.45) is 5.41 Å². The zero-order chi connectivity index (χ0) is 24.7. The molecular formula is C23H26ClF3N4O3. The second-order valence-electron chi connectivity index (χ2n) is 9.04. The van der Waals surface area contributed by atoms with Crippen LogP contribution in [0.15, 0.2) is 18.2 Å². The van der Waals surface area contributed by atoms with Crippen LogP contribution in [-0.2, 0) is 28.5 Å². The molecular weight excluding hydrogens is 473 g/mol. The third kappa shape index (κ3) is 4.58. The van der Waals surface area contributed by atoms with E-state index in [0.717, 1.165) is 6.07 Å². The van der Waals surface area contributed by atoms with Crippen LogP contribution in [0.25, 0.3) is 0 Å². The predicted molar refractivity (Wildman–Crippen MR) is 119 cm³/mol. The summed E-state index contributed by atoms with van der Waals surface area (Å²) in [6.07, 6.45) is 1.25. The van der Waals surface area contributed by atoms with Crippen LogP contribution in [0.2, 0.25) is 5.28 Å². The molecule has 3 heterocycles. The predicted octanol–water partition coefficient (Wildman–Crippen LogP) is 4.19. The number of carbonyl (C=O) groups is 1. The topological polar surface area (TPSA) is 87.6 Å². The zero-order valence-corrected chi connectivity index (χ0v) is 19.6. The summed E-state index contributed by atoms with van der Waals surface area (Å²) in [7, 11) is 0. The standard InChI is InChI=1S/C23H26ClF3N4O3/c1-13(14-4-3-5-16(18(14)25)23(26,27)12-32)28-19-15-10-31(11-17(15)29-21(24)30-19)20(33)22(2)6-8-34-9-7-22/h3-5,13,32H,6-12H2,1-2H3,(H,28,29,30)/t13-/m1/s1. The van der Waals surface area contributed by atoms with Gasteiger partial charge in [-0.1, -0.05) is 19.1 Å². The molecule has 0 unspecified atom stereocenters. The molecule has 184 valence electrons. The van der Waals surface area contributed by atoms with E-state index in [9.17, 15) is 18.0 Å². The number of carbonyl (C=O) groups excluding carboxylic acids is 1. The lowest BCUT2D eigenvalue weighted by Gasteiger charge is -2.35. The minimum atomic E-state index is -3.71. The molecule has 2 aliphatic heterocycles. The highest BCUT2D eigenvalue weighted by molar-refractivity contribution is 6.28. The summed E-state index contributed by atoms with van der Waals surface area (Å²) >= 11 is 6.11. The number of aromatic nitrogens is 2. The summed E-state index contributed by atoms with van der Waals surface area (Å²) in [5.41, 5.74) is -0.194. The molecule has 1 fully saturated rings. The Morgan fingerprint density at radius 1 is 1.32 bits per heavy atom. The van der Waals surface area contributed by atoms with Crippen molar-refractivity contribution in [3.05, 3.63) is 51.7 Å². The summed E-state index contributed by atoms with van der Waals surface area (Å²) in [6, 6.07) is 2.88. The number of hydrogen-bond donors (Lipinski definition) is 2. The molecule has 0 spiro atoms. The van der Waals surface area contributed by atoms with Crippen molar-refractivity contribution < 1.29 is 27.8 Å². The van der Waals surface area contributed by atoms with Gasteiger partial charge in [-0.05, 0) is 37.4 Å². The number of amides is 1. The Hall–Kier alpha value is -2.43. The van der Waals surface area contributed by atoms with E-state index in [2.05, 4.69) is 15.3 Å². The molecule has 1 atom stereocenters. The number of aliphatic hydroxyl groups excluding tert-OH is 1. The van der Waals surface area contributed by atoms with E-state index < -0.39 is 35.4 Å². The van der Waals surface area contributed by atoms with E-state index in [1.165, 1.54) is 12.1 Å². The molecule has 1 saturated heterocycles. The van der Waals surface area contributed by atoms with Crippen LogP contribution in [0, 0.1) is 11.2 Å². The van der Waals surface area contributed by atoms with Gasteiger partial charge >= 0.3 is 0 Å². The minimum Gasteiger partial charge on any atom is -0.390 e. The average Bonchev–Trinajstić information content (AvgIpc) is 3.23. The Labute approximate surface area is 200 Å². The van der Waals surface area contributed by atoms with Gasteiger partial charge in [0.25, 0.3) is 5.92 Å². The van der Waals surface area contributed by atoms with Crippen molar-refractivity contribution in [1.29, 1.82) is 0 Å². The quantitative estimate of drug-likeness (QED) is 0.581. The monoisotopic (exact) mass is 498 g/mol. The second kappa shape index (κ2) is 9.31. The van der Waals surface area contributed by atoms with Gasteiger partial charge in [-0.2, -0.15) is 8.78 Å². The van der Waals surface area contributed by atoms with Crippen molar-refractivity contribution in [3.63, 3.8) is 0 Å². The molecule has 2 aliphatic rings. The fraction of sp³-hybridized carbons (Fsp3) is 0.522. The van der Waals surface area contributed by atoms with Gasteiger partial charge in [0.1, 0.15) is 18.2 Å². The molecule has 0 radical (unpaired) electrons. The van der Waals surface area contributed by atoms with Crippen LogP contribution in [-0.4, -0.2) is 45.7 Å². The number of fused-ring (bicyclic) bond motifs is 1. The van der Waals surface area contributed by atoms with E-state index in [0.29, 0.717) is 43.1 Å². The number of nitrogens with zero attached hydrogens (tertiary/aromatic N) is 3. The van der Waals surface area contributed by atoms with Gasteiger partial charge in [-0.25, -0.2) is 14.4 Å². The smallest absolute Gasteiger partial charge is 0.298 e. The van der Waals surface area contributed by atoms with Gasteiger partial charge in [-0.3, -0.25) is 4.79 Å². The molecule has 1 aromatic carbocycles. The maximum atomic E-state index is 14.9. The van der Waals surface area contributed by atoms with Crippen molar-refractivity contribution in [2.75, 3.05) is 25.1 Å². The number of hydrogen-bond acceptors (Lipinski definition) is 6. The number of benzene rings is 1. The van der Waals surface area contributed by atoms with Crippen LogP contribution >= 0.6 is 11.6 Å². The first-order valence-corrected chi connectivity index (χ1v) is 11.4. The molecule has 2 aromatic rings. The molecule has 34 heavy (non-hydrogen) atoms. The number of halogens is 4. The number of ether oxygens (including phenoxy) is 1. The first-order chi connectivity index (χ1) is 16.1. The van der Waals surface area contributed by atoms with E-state index in [1.807, 2.05) is 6.92 Å². The zero-order valence-electron chi connectivity index (χ0n) is 18.9. The lowest BCUT2D eigenvalue weighted by Crippen LogP contribution is -2.43. The number of rotatable bonds is 6. The van der Waals surface area contributed by atoms with Crippen LogP contribution in [0.1, 0.15) is 55.1 Å². The summed E-state index contributed by atoms with van der Waals surface area (Å²) in [4.78, 5) is 23.4. The average molecular weight is 499 g/mol. The van der Waals surface area contributed by atoms with E-state index in [4.69, 9.17) is 21.4 Å². The number of aliphatic hydroxyl groups is 1. The van der Waals surface area contributed by atoms with Gasteiger partial charge in [0.2, 0.25) is 11.2 Å². The van der Waals surface area contributed by atoms with Gasteiger partial charge < -0.3 is 20.1 Å². The SMILES string of the molecule is C[C@@H](Nc1nc(Cl)nc2c1CN(C(=O)C1(C)CCOCC1)C2)c1cccc(C(F)(F)CO)c1F. The van der Waals surface area contributed by atoms with Gasteiger partial charge in [0.15, 0.2) is 0 Å². The first-order valence-electron chi connectivity index (χ1n) is 11.0. The lowest BCUT2D eigenvalue weighted by atomic mass is 9.81. The van der Waals surface area contributed by atoms with Crippen molar-refractivity contribution >= 4 is 23.3 Å². The van der Waals surface area contributed by atoms with Crippen LogP contribution in [0.3, 0.4) is 0 Å². The van der Waals surface area contributed by atoms with Gasteiger partial charge in [0, 0.05) is 24.3 Å². The Bertz CT molecular complexity index is 1100. The summed E-state index contributed by atoms with van der Waals surface area (Å²) in [5.74, 6) is -4.51. The number of anilines is 1. The molecule has 1 aromatic heterocycles.